The highest BCUT2D eigenvalue weighted by Crippen LogP contribution is 2.31. The van der Waals surface area contributed by atoms with E-state index in [0.29, 0.717) is 25.8 Å². The predicted molar refractivity (Wildman–Crippen MR) is 131 cm³/mol. The minimum atomic E-state index is -4.48. The Labute approximate surface area is 218 Å². The third-order valence-corrected chi connectivity index (χ3v) is 6.60. The van der Waals surface area contributed by atoms with Gasteiger partial charge in [-0.15, -0.1) is 0 Å². The number of ether oxygens (including phenoxy) is 2. The van der Waals surface area contributed by atoms with E-state index in [0.717, 1.165) is 17.7 Å². The monoisotopic (exact) mass is 536 g/mol. The van der Waals surface area contributed by atoms with E-state index in [2.05, 4.69) is 15.6 Å². The van der Waals surface area contributed by atoms with Crippen LogP contribution in [0.15, 0.2) is 48.8 Å². The summed E-state index contributed by atoms with van der Waals surface area (Å²) in [4.78, 5) is 31.0. The highest BCUT2D eigenvalue weighted by atomic mass is 19.4. The topological polar surface area (TPSA) is 113 Å². The van der Waals surface area contributed by atoms with Crippen molar-refractivity contribution in [3.63, 3.8) is 0 Å². The van der Waals surface area contributed by atoms with E-state index in [1.165, 1.54) is 17.0 Å². The molecule has 38 heavy (non-hydrogen) atoms. The van der Waals surface area contributed by atoms with Gasteiger partial charge in [0.2, 0.25) is 5.91 Å². The minimum absolute atomic E-state index is 0.00318. The first-order valence-electron chi connectivity index (χ1n) is 12.5. The molecule has 2 fully saturated rings. The van der Waals surface area contributed by atoms with Gasteiger partial charge in [-0.1, -0.05) is 0 Å². The van der Waals surface area contributed by atoms with Gasteiger partial charge >= 0.3 is 12.2 Å². The molecule has 4 atom stereocenters. The second-order valence-electron chi connectivity index (χ2n) is 9.45. The molecule has 2 aliphatic heterocycles. The molecule has 0 saturated carbocycles. The van der Waals surface area contributed by atoms with Crippen molar-refractivity contribution < 1.29 is 37.3 Å². The van der Waals surface area contributed by atoms with Crippen molar-refractivity contribution in [2.24, 2.45) is 0 Å². The minimum Gasteiger partial charge on any atom is -0.389 e. The van der Waals surface area contributed by atoms with Crippen molar-refractivity contribution in [1.29, 1.82) is 0 Å². The van der Waals surface area contributed by atoms with Gasteiger partial charge < -0.3 is 30.1 Å². The third kappa shape index (κ3) is 7.65. The van der Waals surface area contributed by atoms with Crippen LogP contribution in [0.3, 0.4) is 0 Å². The van der Waals surface area contributed by atoms with E-state index < -0.39 is 36.0 Å². The number of halogens is 3. The molecule has 0 unspecified atom stereocenters. The predicted octanol–water partition coefficient (Wildman–Crippen LogP) is 2.99. The quantitative estimate of drug-likeness (QED) is 0.523. The molecule has 0 bridgehead atoms. The van der Waals surface area contributed by atoms with Crippen molar-refractivity contribution in [3.8, 4) is 0 Å². The molecular formula is C26H31F3N4O5. The molecule has 3 heterocycles. The number of hydrogen-bond acceptors (Lipinski definition) is 6. The first-order chi connectivity index (χ1) is 18.2. The van der Waals surface area contributed by atoms with Crippen molar-refractivity contribution in [1.82, 2.24) is 15.2 Å². The summed E-state index contributed by atoms with van der Waals surface area (Å²) in [7, 11) is 0. The van der Waals surface area contributed by atoms with Crippen molar-refractivity contribution in [3.05, 3.63) is 59.9 Å². The first-order valence-corrected chi connectivity index (χ1v) is 12.5. The van der Waals surface area contributed by atoms with Crippen LogP contribution in [0.4, 0.5) is 23.7 Å². The summed E-state index contributed by atoms with van der Waals surface area (Å²) in [6, 6.07) is 6.94. The Morgan fingerprint density at radius 3 is 2.53 bits per heavy atom. The maximum Gasteiger partial charge on any atom is 0.416 e. The van der Waals surface area contributed by atoms with Crippen LogP contribution in [-0.2, 0) is 26.9 Å². The van der Waals surface area contributed by atoms with Gasteiger partial charge in [-0.25, -0.2) is 4.79 Å². The van der Waals surface area contributed by atoms with Gasteiger partial charge in [0.25, 0.3) is 0 Å². The molecule has 3 N–H and O–H groups in total. The van der Waals surface area contributed by atoms with Crippen LogP contribution >= 0.6 is 0 Å². The van der Waals surface area contributed by atoms with Gasteiger partial charge in [-0.05, 0) is 61.2 Å². The van der Waals surface area contributed by atoms with Gasteiger partial charge in [0.1, 0.15) is 6.10 Å². The standard InChI is InChI=1S/C26H31F3N4O5/c27-26(28,29)18-1-3-19(4-2-18)32-25(36)33-14-20(34)15-37-16-23-22(33)6-5-21(38-23)13-24(35)31-12-9-17-7-10-30-11-8-17/h1-4,7-8,10-11,20-23,34H,5-6,9,12-16H2,(H,31,35)(H,32,36)/t20-,21+,22-,23+/m0/s1. The van der Waals surface area contributed by atoms with Crippen LogP contribution in [0, 0.1) is 0 Å². The Morgan fingerprint density at radius 1 is 1.08 bits per heavy atom. The van der Waals surface area contributed by atoms with Crippen molar-refractivity contribution >= 4 is 17.6 Å². The largest absolute Gasteiger partial charge is 0.416 e. The Morgan fingerprint density at radius 2 is 1.82 bits per heavy atom. The van der Waals surface area contributed by atoms with Gasteiger partial charge in [0, 0.05) is 24.6 Å². The lowest BCUT2D eigenvalue weighted by Crippen LogP contribution is -2.58. The number of carbonyl (C=O) groups is 2. The molecular weight excluding hydrogens is 505 g/mol. The highest BCUT2D eigenvalue weighted by molar-refractivity contribution is 5.89. The smallest absolute Gasteiger partial charge is 0.389 e. The summed E-state index contributed by atoms with van der Waals surface area (Å²) in [5.41, 5.74) is 0.452. The van der Waals surface area contributed by atoms with Crippen molar-refractivity contribution in [2.45, 2.75) is 56.2 Å². The van der Waals surface area contributed by atoms with E-state index >= 15 is 0 Å². The van der Waals surface area contributed by atoms with Crippen LogP contribution in [0.2, 0.25) is 0 Å². The number of β-amino-alcohol motifs (C(OH)–C–C–N with tert-alkyl or cyclic N) is 1. The lowest BCUT2D eigenvalue weighted by atomic mass is 9.95. The van der Waals surface area contributed by atoms with Crippen LogP contribution in [0.25, 0.3) is 0 Å². The second-order valence-corrected chi connectivity index (χ2v) is 9.45. The normalized spacial score (nSPS) is 24.1. The number of benzene rings is 1. The van der Waals surface area contributed by atoms with Gasteiger partial charge in [-0.2, -0.15) is 13.2 Å². The molecule has 1 aromatic carbocycles. The highest BCUT2D eigenvalue weighted by Gasteiger charge is 2.40. The van der Waals surface area contributed by atoms with Crippen LogP contribution in [0.5, 0.6) is 0 Å². The molecule has 0 radical (unpaired) electrons. The zero-order chi connectivity index (χ0) is 27.1. The Kier molecular flexibility index (Phi) is 9.18. The molecule has 0 aliphatic carbocycles. The summed E-state index contributed by atoms with van der Waals surface area (Å²) in [5, 5.41) is 15.8. The summed E-state index contributed by atoms with van der Waals surface area (Å²) >= 11 is 0. The summed E-state index contributed by atoms with van der Waals surface area (Å²) in [5.74, 6) is -0.137. The number of aliphatic hydroxyl groups is 1. The number of nitrogens with zero attached hydrogens (tertiary/aromatic N) is 2. The number of urea groups is 1. The Bertz CT molecular complexity index is 1070. The van der Waals surface area contributed by atoms with Crippen LogP contribution in [0.1, 0.15) is 30.4 Å². The van der Waals surface area contributed by atoms with Crippen LogP contribution in [-0.4, -0.2) is 77.6 Å². The number of alkyl halides is 3. The average molecular weight is 537 g/mol. The first kappa shape index (κ1) is 27.8. The number of carbonyl (C=O) groups excluding carboxylic acids is 2. The Balaban J connectivity index is 1.33. The van der Waals surface area contributed by atoms with Crippen molar-refractivity contribution in [2.75, 3.05) is 31.6 Å². The van der Waals surface area contributed by atoms with E-state index in [1.54, 1.807) is 12.4 Å². The molecule has 9 nitrogen and oxygen atoms in total. The van der Waals surface area contributed by atoms with E-state index in [9.17, 15) is 27.9 Å². The molecule has 2 aromatic rings. The number of fused-ring (bicyclic) bond motifs is 1. The maximum atomic E-state index is 13.1. The molecule has 2 saturated heterocycles. The number of aromatic nitrogens is 1. The summed E-state index contributed by atoms with van der Waals surface area (Å²) in [6.45, 7) is 0.584. The summed E-state index contributed by atoms with van der Waals surface area (Å²) < 4.78 is 50.3. The number of aliphatic hydroxyl groups excluding tert-OH is 1. The molecule has 4 rings (SSSR count). The SMILES string of the molecule is O=C(C[C@H]1CC[C@H]2[C@@H](COC[C@@H](O)CN2C(=O)Nc2ccc(C(F)(F)F)cc2)O1)NCCc1ccncc1. The van der Waals surface area contributed by atoms with Gasteiger partial charge in [0.15, 0.2) is 0 Å². The fraction of sp³-hybridized carbons (Fsp3) is 0.500. The van der Waals surface area contributed by atoms with Gasteiger partial charge in [-0.3, -0.25) is 9.78 Å². The lowest BCUT2D eigenvalue weighted by Gasteiger charge is -2.44. The number of anilines is 1. The zero-order valence-corrected chi connectivity index (χ0v) is 20.7. The molecule has 12 heteroatoms. The average Bonchev–Trinajstić information content (AvgIpc) is 2.87. The van der Waals surface area contributed by atoms with Gasteiger partial charge in [0.05, 0.1) is 50.0 Å². The number of rotatable bonds is 6. The molecule has 1 aromatic heterocycles. The van der Waals surface area contributed by atoms with E-state index in [-0.39, 0.29) is 43.9 Å². The van der Waals surface area contributed by atoms with E-state index in [1.807, 2.05) is 12.1 Å². The molecule has 3 amide bonds. The molecule has 206 valence electrons. The van der Waals surface area contributed by atoms with Crippen LogP contribution < -0.4 is 10.6 Å². The lowest BCUT2D eigenvalue weighted by molar-refractivity contribution is -0.149. The number of amides is 3. The molecule has 0 spiro atoms. The zero-order valence-electron chi connectivity index (χ0n) is 20.7. The fourth-order valence-electron chi connectivity index (χ4n) is 4.69. The maximum absolute atomic E-state index is 13.1. The molecule has 2 aliphatic rings. The Hall–Kier alpha value is -3.22. The number of nitrogens with one attached hydrogen (secondary N) is 2. The number of pyridine rings is 1. The fourth-order valence-corrected chi connectivity index (χ4v) is 4.69. The number of hydrogen-bond donors (Lipinski definition) is 3. The summed E-state index contributed by atoms with van der Waals surface area (Å²) in [6.07, 6.45) is -1.01. The second kappa shape index (κ2) is 12.5. The van der Waals surface area contributed by atoms with E-state index in [4.69, 9.17) is 9.47 Å². The third-order valence-electron chi connectivity index (χ3n) is 6.60.